The highest BCUT2D eigenvalue weighted by Crippen LogP contribution is 2.17. The minimum absolute atomic E-state index is 0.0648. The smallest absolute Gasteiger partial charge is 0.339 e. The Kier molecular flexibility index (Phi) is 5.04. The first-order chi connectivity index (χ1) is 9.19. The first-order valence-electron chi connectivity index (χ1n) is 5.97. The van der Waals surface area contributed by atoms with Gasteiger partial charge in [0.25, 0.3) is 5.69 Å². The fraction of sp³-hybridized carbons (Fsp3) is 0.462. The summed E-state index contributed by atoms with van der Waals surface area (Å²) >= 11 is 0. The van der Waals surface area contributed by atoms with E-state index in [0.717, 1.165) is 0 Å². The van der Waals surface area contributed by atoms with Crippen LogP contribution in [0.15, 0.2) is 24.3 Å². The number of aliphatic hydroxyl groups is 1. The molecule has 7 nitrogen and oxygen atoms in total. The lowest BCUT2D eigenvalue weighted by Gasteiger charge is -2.21. The predicted molar refractivity (Wildman–Crippen MR) is 70.4 cm³/mol. The van der Waals surface area contributed by atoms with Crippen LogP contribution in [0.25, 0.3) is 0 Å². The van der Waals surface area contributed by atoms with Gasteiger partial charge in [0.05, 0.1) is 4.92 Å². The van der Waals surface area contributed by atoms with E-state index in [1.807, 2.05) is 0 Å². The van der Waals surface area contributed by atoms with E-state index in [4.69, 9.17) is 9.47 Å². The number of nitro benzene ring substituents is 1. The molecule has 0 aliphatic rings. The normalized spacial score (nSPS) is 12.6. The summed E-state index contributed by atoms with van der Waals surface area (Å²) in [5, 5.41) is 20.0. The average molecular weight is 283 g/mol. The fourth-order valence-electron chi connectivity index (χ4n) is 1.28. The van der Waals surface area contributed by atoms with Crippen molar-refractivity contribution in [3.8, 4) is 5.75 Å². The SMILES string of the molecule is CC(C)(C)OC(=O)[C@H](O)COc1ccc([N+](=O)[O-])cc1. The summed E-state index contributed by atoms with van der Waals surface area (Å²) in [7, 11) is 0. The summed E-state index contributed by atoms with van der Waals surface area (Å²) in [6, 6.07) is 5.32. The zero-order valence-electron chi connectivity index (χ0n) is 11.5. The van der Waals surface area contributed by atoms with Crippen LogP contribution in [0, 0.1) is 10.1 Å². The average Bonchev–Trinajstić information content (AvgIpc) is 2.34. The van der Waals surface area contributed by atoms with Gasteiger partial charge < -0.3 is 14.6 Å². The molecule has 1 N–H and O–H groups in total. The first kappa shape index (κ1) is 15.9. The Balaban J connectivity index is 2.50. The van der Waals surface area contributed by atoms with E-state index in [9.17, 15) is 20.0 Å². The summed E-state index contributed by atoms with van der Waals surface area (Å²) in [4.78, 5) is 21.4. The zero-order valence-corrected chi connectivity index (χ0v) is 11.5. The van der Waals surface area contributed by atoms with Gasteiger partial charge in [0.1, 0.15) is 18.0 Å². The molecule has 0 unspecified atom stereocenters. The maximum atomic E-state index is 11.5. The molecule has 0 heterocycles. The molecule has 7 heteroatoms. The van der Waals surface area contributed by atoms with Crippen LogP contribution < -0.4 is 4.74 Å². The highest BCUT2D eigenvalue weighted by atomic mass is 16.6. The molecule has 1 aromatic carbocycles. The molecule has 20 heavy (non-hydrogen) atoms. The van der Waals surface area contributed by atoms with Gasteiger partial charge in [-0.05, 0) is 32.9 Å². The third-order valence-electron chi connectivity index (χ3n) is 2.13. The number of hydrogen-bond acceptors (Lipinski definition) is 6. The molecule has 0 saturated carbocycles. The number of nitrogens with zero attached hydrogens (tertiary/aromatic N) is 1. The minimum atomic E-state index is -1.41. The van der Waals surface area contributed by atoms with Crippen molar-refractivity contribution in [2.75, 3.05) is 6.61 Å². The summed E-state index contributed by atoms with van der Waals surface area (Å²) < 4.78 is 10.1. The molecule has 0 aliphatic carbocycles. The number of nitro groups is 1. The van der Waals surface area contributed by atoms with Crippen LogP contribution >= 0.6 is 0 Å². The van der Waals surface area contributed by atoms with Gasteiger partial charge in [0, 0.05) is 12.1 Å². The Bertz CT molecular complexity index is 477. The number of carbonyl (C=O) groups is 1. The molecule has 0 bridgehead atoms. The van der Waals surface area contributed by atoms with E-state index < -0.39 is 22.6 Å². The number of rotatable bonds is 5. The van der Waals surface area contributed by atoms with Gasteiger partial charge in [-0.3, -0.25) is 10.1 Å². The van der Waals surface area contributed by atoms with Crippen LogP contribution in [0.3, 0.4) is 0 Å². The van der Waals surface area contributed by atoms with Gasteiger partial charge in [-0.15, -0.1) is 0 Å². The molecule has 0 amide bonds. The van der Waals surface area contributed by atoms with Crippen molar-refractivity contribution in [3.63, 3.8) is 0 Å². The fourth-order valence-corrected chi connectivity index (χ4v) is 1.28. The van der Waals surface area contributed by atoms with E-state index in [1.165, 1.54) is 24.3 Å². The Labute approximate surface area is 116 Å². The number of carbonyl (C=O) groups excluding carboxylic acids is 1. The molecule has 0 aliphatic heterocycles. The van der Waals surface area contributed by atoms with E-state index in [0.29, 0.717) is 5.75 Å². The zero-order chi connectivity index (χ0) is 15.3. The molecule has 0 aromatic heterocycles. The summed E-state index contributed by atoms with van der Waals surface area (Å²) in [6.45, 7) is 4.78. The van der Waals surface area contributed by atoms with Crippen LogP contribution in [0.4, 0.5) is 5.69 Å². The minimum Gasteiger partial charge on any atom is -0.490 e. The number of non-ortho nitro benzene ring substituents is 1. The van der Waals surface area contributed by atoms with Crippen molar-refractivity contribution in [1.29, 1.82) is 0 Å². The largest absolute Gasteiger partial charge is 0.490 e. The molecular formula is C13H17NO6. The van der Waals surface area contributed by atoms with Gasteiger partial charge in [-0.1, -0.05) is 0 Å². The first-order valence-corrected chi connectivity index (χ1v) is 5.97. The second-order valence-corrected chi connectivity index (χ2v) is 5.11. The molecule has 1 atom stereocenters. The monoisotopic (exact) mass is 283 g/mol. The highest BCUT2D eigenvalue weighted by molar-refractivity contribution is 5.74. The van der Waals surface area contributed by atoms with E-state index >= 15 is 0 Å². The van der Waals surface area contributed by atoms with Crippen LogP contribution in [0.1, 0.15) is 20.8 Å². The van der Waals surface area contributed by atoms with Gasteiger partial charge in [-0.2, -0.15) is 0 Å². The van der Waals surface area contributed by atoms with Crippen molar-refractivity contribution in [1.82, 2.24) is 0 Å². The third-order valence-corrected chi connectivity index (χ3v) is 2.13. The Hall–Kier alpha value is -2.15. The van der Waals surface area contributed by atoms with Crippen LogP contribution in [-0.2, 0) is 9.53 Å². The molecule has 1 aromatic rings. The van der Waals surface area contributed by atoms with Crippen molar-refractivity contribution in [3.05, 3.63) is 34.4 Å². The number of hydrogen-bond donors (Lipinski definition) is 1. The van der Waals surface area contributed by atoms with Gasteiger partial charge >= 0.3 is 5.97 Å². The maximum absolute atomic E-state index is 11.5. The predicted octanol–water partition coefficient (Wildman–Crippen LogP) is 1.68. The summed E-state index contributed by atoms with van der Waals surface area (Å²) in [5.41, 5.74) is -0.754. The molecule has 1 rings (SSSR count). The summed E-state index contributed by atoms with van der Waals surface area (Å²) in [5.74, 6) is -0.461. The van der Waals surface area contributed by atoms with E-state index in [1.54, 1.807) is 20.8 Å². The van der Waals surface area contributed by atoms with Crippen molar-refractivity contribution < 1.29 is 24.3 Å². The topological polar surface area (TPSA) is 98.9 Å². The van der Waals surface area contributed by atoms with Crippen molar-refractivity contribution in [2.45, 2.75) is 32.5 Å². The lowest BCUT2D eigenvalue weighted by atomic mass is 10.2. The van der Waals surface area contributed by atoms with Gasteiger partial charge in [0.2, 0.25) is 0 Å². The highest BCUT2D eigenvalue weighted by Gasteiger charge is 2.23. The molecule has 0 radical (unpaired) electrons. The molecule has 0 spiro atoms. The second-order valence-electron chi connectivity index (χ2n) is 5.11. The standard InChI is InChI=1S/C13H17NO6/c1-13(2,3)20-12(16)11(15)8-19-10-6-4-9(5-7-10)14(17)18/h4-7,11,15H,8H2,1-3H3/t11-/m1/s1. The number of ether oxygens (including phenoxy) is 2. The summed E-state index contributed by atoms with van der Waals surface area (Å²) in [6.07, 6.45) is -1.41. The Morgan fingerprint density at radius 2 is 1.90 bits per heavy atom. The Morgan fingerprint density at radius 1 is 1.35 bits per heavy atom. The van der Waals surface area contributed by atoms with E-state index in [2.05, 4.69) is 0 Å². The third kappa shape index (κ3) is 5.23. The second kappa shape index (κ2) is 6.33. The molecule has 0 fully saturated rings. The Morgan fingerprint density at radius 3 is 2.35 bits per heavy atom. The van der Waals surface area contributed by atoms with Crippen LogP contribution in [0.5, 0.6) is 5.75 Å². The quantitative estimate of drug-likeness (QED) is 0.501. The molecular weight excluding hydrogens is 266 g/mol. The lowest BCUT2D eigenvalue weighted by Crippen LogP contribution is -2.35. The maximum Gasteiger partial charge on any atom is 0.339 e. The number of esters is 1. The number of aliphatic hydroxyl groups excluding tert-OH is 1. The van der Waals surface area contributed by atoms with Crippen LogP contribution in [-0.4, -0.2) is 34.3 Å². The molecule has 110 valence electrons. The lowest BCUT2D eigenvalue weighted by molar-refractivity contribution is -0.384. The van der Waals surface area contributed by atoms with Crippen molar-refractivity contribution >= 4 is 11.7 Å². The number of benzene rings is 1. The van der Waals surface area contributed by atoms with Gasteiger partial charge in [0.15, 0.2) is 6.10 Å². The van der Waals surface area contributed by atoms with E-state index in [-0.39, 0.29) is 12.3 Å². The van der Waals surface area contributed by atoms with Crippen LogP contribution in [0.2, 0.25) is 0 Å². The molecule has 0 saturated heterocycles. The van der Waals surface area contributed by atoms with Crippen molar-refractivity contribution in [2.24, 2.45) is 0 Å². The van der Waals surface area contributed by atoms with Gasteiger partial charge in [-0.25, -0.2) is 4.79 Å².